The van der Waals surface area contributed by atoms with Gasteiger partial charge in [-0.15, -0.1) is 0 Å². The van der Waals surface area contributed by atoms with E-state index in [1.54, 1.807) is 6.07 Å². The Labute approximate surface area is 123 Å². The molecule has 19 heavy (non-hydrogen) atoms. The highest BCUT2D eigenvalue weighted by Crippen LogP contribution is 2.28. The molecular formula is C14H17Cl2NO2. The molecule has 1 aliphatic rings. The highest BCUT2D eigenvalue weighted by Gasteiger charge is 2.27. The van der Waals surface area contributed by atoms with Crippen LogP contribution in [-0.4, -0.2) is 28.6 Å². The van der Waals surface area contributed by atoms with Gasteiger partial charge in [-0.2, -0.15) is 0 Å². The topological polar surface area (TPSA) is 40.5 Å². The molecule has 5 heteroatoms. The number of likely N-dealkylation sites (tertiary alicyclic amines) is 1. The zero-order valence-electron chi connectivity index (χ0n) is 10.6. The molecule has 1 saturated heterocycles. The van der Waals surface area contributed by atoms with E-state index in [0.717, 1.165) is 31.4 Å². The smallest absolute Gasteiger partial charge is 0.320 e. The molecule has 1 heterocycles. The van der Waals surface area contributed by atoms with Crippen molar-refractivity contribution in [2.75, 3.05) is 6.54 Å². The van der Waals surface area contributed by atoms with Gasteiger partial charge in [0.25, 0.3) is 0 Å². The van der Waals surface area contributed by atoms with Crippen LogP contribution in [0.25, 0.3) is 0 Å². The molecule has 1 aliphatic heterocycles. The van der Waals surface area contributed by atoms with E-state index in [1.807, 2.05) is 17.0 Å². The normalized spacial score (nSPS) is 21.1. The van der Waals surface area contributed by atoms with Crippen molar-refractivity contribution < 1.29 is 9.90 Å². The van der Waals surface area contributed by atoms with Crippen molar-refractivity contribution in [3.8, 4) is 0 Å². The van der Waals surface area contributed by atoms with Crippen molar-refractivity contribution in [2.24, 2.45) is 0 Å². The van der Waals surface area contributed by atoms with E-state index < -0.39 is 12.0 Å². The molecule has 3 nitrogen and oxygen atoms in total. The number of nitrogens with zero attached hydrogens (tertiary/aromatic N) is 1. The Morgan fingerprint density at radius 2 is 2.11 bits per heavy atom. The molecule has 1 fully saturated rings. The van der Waals surface area contributed by atoms with Crippen LogP contribution in [0, 0.1) is 0 Å². The molecule has 1 N–H and O–H groups in total. The first-order valence-corrected chi connectivity index (χ1v) is 7.25. The lowest BCUT2D eigenvalue weighted by Crippen LogP contribution is -2.40. The third-order valence-electron chi connectivity index (χ3n) is 3.55. The lowest BCUT2D eigenvalue weighted by Gasteiger charge is -2.27. The van der Waals surface area contributed by atoms with Gasteiger partial charge in [0.15, 0.2) is 0 Å². The van der Waals surface area contributed by atoms with Crippen LogP contribution in [0.5, 0.6) is 0 Å². The molecule has 2 rings (SSSR count). The standard InChI is InChI=1S/C14H17Cl2NO2/c15-11-6-4-5-10(13(11)16)9-17-8-3-1-2-7-12(17)14(18)19/h4-6,12H,1-3,7-9H2,(H,18,19). The van der Waals surface area contributed by atoms with E-state index in [9.17, 15) is 9.90 Å². The average molecular weight is 302 g/mol. The summed E-state index contributed by atoms with van der Waals surface area (Å²) in [6, 6.07) is 5.07. The van der Waals surface area contributed by atoms with Crippen LogP contribution in [0.15, 0.2) is 18.2 Å². The second kappa shape index (κ2) is 6.60. The predicted molar refractivity (Wildman–Crippen MR) is 76.8 cm³/mol. The van der Waals surface area contributed by atoms with Crippen LogP contribution in [0.4, 0.5) is 0 Å². The second-order valence-electron chi connectivity index (χ2n) is 4.89. The number of carboxylic acid groups (broad SMARTS) is 1. The zero-order chi connectivity index (χ0) is 13.8. The van der Waals surface area contributed by atoms with Crippen LogP contribution < -0.4 is 0 Å². The van der Waals surface area contributed by atoms with E-state index in [4.69, 9.17) is 23.2 Å². The molecule has 1 aromatic carbocycles. The molecule has 0 aromatic heterocycles. The zero-order valence-corrected chi connectivity index (χ0v) is 12.1. The highest BCUT2D eigenvalue weighted by molar-refractivity contribution is 6.42. The number of aliphatic carboxylic acids is 1. The molecule has 0 bridgehead atoms. The van der Waals surface area contributed by atoms with Crippen molar-refractivity contribution in [3.05, 3.63) is 33.8 Å². The summed E-state index contributed by atoms with van der Waals surface area (Å²) < 4.78 is 0. The fraction of sp³-hybridized carbons (Fsp3) is 0.500. The second-order valence-corrected chi connectivity index (χ2v) is 5.67. The summed E-state index contributed by atoms with van der Waals surface area (Å²) in [4.78, 5) is 13.4. The minimum atomic E-state index is -0.750. The minimum Gasteiger partial charge on any atom is -0.480 e. The summed E-state index contributed by atoms with van der Waals surface area (Å²) in [5, 5.41) is 10.4. The average Bonchev–Trinajstić information content (AvgIpc) is 2.60. The molecule has 0 saturated carbocycles. The van der Waals surface area contributed by atoms with E-state index in [0.29, 0.717) is 23.0 Å². The quantitative estimate of drug-likeness (QED) is 0.922. The van der Waals surface area contributed by atoms with E-state index in [1.165, 1.54) is 0 Å². The largest absolute Gasteiger partial charge is 0.480 e. The van der Waals surface area contributed by atoms with Gasteiger partial charge in [-0.3, -0.25) is 9.69 Å². The Hall–Kier alpha value is -0.770. The summed E-state index contributed by atoms with van der Waals surface area (Å²) in [5.41, 5.74) is 0.891. The lowest BCUT2D eigenvalue weighted by molar-refractivity contribution is -0.143. The third kappa shape index (κ3) is 3.62. The maximum absolute atomic E-state index is 11.4. The van der Waals surface area contributed by atoms with Gasteiger partial charge in [-0.25, -0.2) is 0 Å². The molecular weight excluding hydrogens is 285 g/mol. The summed E-state index contributed by atoms with van der Waals surface area (Å²) in [7, 11) is 0. The summed E-state index contributed by atoms with van der Waals surface area (Å²) >= 11 is 12.2. The Balaban J connectivity index is 2.18. The molecule has 0 aliphatic carbocycles. The summed E-state index contributed by atoms with van der Waals surface area (Å²) in [6.45, 7) is 1.33. The van der Waals surface area contributed by atoms with E-state index in [2.05, 4.69) is 0 Å². The number of benzene rings is 1. The fourth-order valence-corrected chi connectivity index (χ4v) is 2.91. The Bertz CT molecular complexity index is 465. The van der Waals surface area contributed by atoms with Crippen LogP contribution in [0.3, 0.4) is 0 Å². The first-order chi connectivity index (χ1) is 9.09. The van der Waals surface area contributed by atoms with Crippen LogP contribution in [0.2, 0.25) is 10.0 Å². The number of hydrogen-bond donors (Lipinski definition) is 1. The molecule has 1 aromatic rings. The Morgan fingerprint density at radius 3 is 2.84 bits per heavy atom. The summed E-state index contributed by atoms with van der Waals surface area (Å²) in [6.07, 6.45) is 3.79. The van der Waals surface area contributed by atoms with Crippen molar-refractivity contribution in [3.63, 3.8) is 0 Å². The van der Waals surface area contributed by atoms with Gasteiger partial charge in [-0.1, -0.05) is 48.2 Å². The first-order valence-electron chi connectivity index (χ1n) is 6.49. The molecule has 0 radical (unpaired) electrons. The Morgan fingerprint density at radius 1 is 1.32 bits per heavy atom. The van der Waals surface area contributed by atoms with Gasteiger partial charge in [0.2, 0.25) is 0 Å². The third-order valence-corrected chi connectivity index (χ3v) is 4.41. The fourth-order valence-electron chi connectivity index (χ4n) is 2.53. The van der Waals surface area contributed by atoms with Gasteiger partial charge in [-0.05, 0) is 31.0 Å². The predicted octanol–water partition coefficient (Wildman–Crippen LogP) is 3.82. The van der Waals surface area contributed by atoms with Gasteiger partial charge < -0.3 is 5.11 Å². The maximum Gasteiger partial charge on any atom is 0.320 e. The molecule has 1 atom stereocenters. The van der Waals surface area contributed by atoms with Crippen LogP contribution >= 0.6 is 23.2 Å². The Kier molecular flexibility index (Phi) is 5.08. The van der Waals surface area contributed by atoms with E-state index in [-0.39, 0.29) is 0 Å². The first kappa shape index (κ1) is 14.6. The van der Waals surface area contributed by atoms with Crippen LogP contribution in [0.1, 0.15) is 31.2 Å². The number of carboxylic acids is 1. The molecule has 0 amide bonds. The SMILES string of the molecule is O=C(O)C1CCCCCN1Cc1cccc(Cl)c1Cl. The number of halogens is 2. The monoisotopic (exact) mass is 301 g/mol. The maximum atomic E-state index is 11.4. The van der Waals surface area contributed by atoms with Gasteiger partial charge in [0.05, 0.1) is 10.0 Å². The van der Waals surface area contributed by atoms with E-state index >= 15 is 0 Å². The van der Waals surface area contributed by atoms with Crippen LogP contribution in [-0.2, 0) is 11.3 Å². The molecule has 104 valence electrons. The molecule has 1 unspecified atom stereocenters. The van der Waals surface area contributed by atoms with Crippen molar-refractivity contribution >= 4 is 29.2 Å². The van der Waals surface area contributed by atoms with Crippen molar-refractivity contribution in [1.29, 1.82) is 0 Å². The van der Waals surface area contributed by atoms with Gasteiger partial charge in [0, 0.05) is 6.54 Å². The van der Waals surface area contributed by atoms with Crippen molar-refractivity contribution in [1.82, 2.24) is 4.90 Å². The highest BCUT2D eigenvalue weighted by atomic mass is 35.5. The minimum absolute atomic E-state index is 0.419. The van der Waals surface area contributed by atoms with Crippen molar-refractivity contribution in [2.45, 2.75) is 38.3 Å². The van der Waals surface area contributed by atoms with Gasteiger partial charge in [0.1, 0.15) is 6.04 Å². The van der Waals surface area contributed by atoms with Gasteiger partial charge >= 0.3 is 5.97 Å². The lowest BCUT2D eigenvalue weighted by atomic mass is 10.1. The number of carbonyl (C=O) groups is 1. The molecule has 0 spiro atoms. The number of hydrogen-bond acceptors (Lipinski definition) is 2. The number of rotatable bonds is 3. The summed E-state index contributed by atoms with van der Waals surface area (Å²) in [5.74, 6) is -0.750.